The van der Waals surface area contributed by atoms with Crippen LogP contribution in [0.15, 0.2) is 53.7 Å². The van der Waals surface area contributed by atoms with Crippen molar-refractivity contribution in [2.75, 3.05) is 19.5 Å². The van der Waals surface area contributed by atoms with E-state index >= 15 is 0 Å². The van der Waals surface area contributed by atoms with Crippen LogP contribution in [0.25, 0.3) is 0 Å². The first-order valence-electron chi connectivity index (χ1n) is 8.81. The van der Waals surface area contributed by atoms with E-state index in [-0.39, 0.29) is 11.9 Å². The zero-order chi connectivity index (χ0) is 20.3. The maximum Gasteiger partial charge on any atom is 0.319 e. The Morgan fingerprint density at radius 3 is 2.39 bits per heavy atom. The fourth-order valence-electron chi connectivity index (χ4n) is 3.10. The predicted octanol–water partition coefficient (Wildman–Crippen LogP) is 3.28. The molecule has 0 spiro atoms. The van der Waals surface area contributed by atoms with Crippen LogP contribution in [0, 0.1) is 6.92 Å². The SMILES string of the molecule is COc1ccc(NC(=O)C2=C(C)NC(=O)N[C@H]2c2ccc(C)cc2)c(OC)c1. The van der Waals surface area contributed by atoms with Crippen molar-refractivity contribution in [3.63, 3.8) is 0 Å². The van der Waals surface area contributed by atoms with Crippen molar-refractivity contribution < 1.29 is 19.1 Å². The number of benzene rings is 2. The molecule has 0 saturated heterocycles. The van der Waals surface area contributed by atoms with Crippen molar-refractivity contribution in [1.29, 1.82) is 0 Å². The van der Waals surface area contributed by atoms with Gasteiger partial charge in [0.25, 0.3) is 5.91 Å². The zero-order valence-corrected chi connectivity index (χ0v) is 16.3. The number of amides is 3. The molecule has 0 radical (unpaired) electrons. The first-order chi connectivity index (χ1) is 13.4. The Morgan fingerprint density at radius 2 is 1.75 bits per heavy atom. The summed E-state index contributed by atoms with van der Waals surface area (Å²) >= 11 is 0. The van der Waals surface area contributed by atoms with Gasteiger partial charge in [-0.05, 0) is 31.5 Å². The summed E-state index contributed by atoms with van der Waals surface area (Å²) in [5, 5.41) is 8.37. The van der Waals surface area contributed by atoms with Crippen molar-refractivity contribution in [2.45, 2.75) is 19.9 Å². The molecule has 146 valence electrons. The molecule has 0 saturated carbocycles. The van der Waals surface area contributed by atoms with Gasteiger partial charge in [-0.15, -0.1) is 0 Å². The number of nitrogens with one attached hydrogen (secondary N) is 3. The van der Waals surface area contributed by atoms with Gasteiger partial charge in [0.15, 0.2) is 0 Å². The van der Waals surface area contributed by atoms with E-state index in [0.717, 1.165) is 11.1 Å². The van der Waals surface area contributed by atoms with E-state index in [4.69, 9.17) is 9.47 Å². The fourth-order valence-corrected chi connectivity index (χ4v) is 3.10. The zero-order valence-electron chi connectivity index (χ0n) is 16.3. The number of rotatable bonds is 5. The number of urea groups is 1. The third kappa shape index (κ3) is 3.93. The molecule has 7 nitrogen and oxygen atoms in total. The summed E-state index contributed by atoms with van der Waals surface area (Å²) in [4.78, 5) is 25.1. The Balaban J connectivity index is 1.94. The number of carbonyl (C=O) groups is 2. The van der Waals surface area contributed by atoms with Gasteiger partial charge in [-0.3, -0.25) is 4.79 Å². The molecule has 3 N–H and O–H groups in total. The van der Waals surface area contributed by atoms with Crippen molar-refractivity contribution >= 4 is 17.6 Å². The van der Waals surface area contributed by atoms with Crippen molar-refractivity contribution in [2.24, 2.45) is 0 Å². The number of aryl methyl sites for hydroxylation is 1. The number of hydrogen-bond acceptors (Lipinski definition) is 4. The van der Waals surface area contributed by atoms with E-state index in [1.807, 2.05) is 31.2 Å². The molecule has 0 bridgehead atoms. The highest BCUT2D eigenvalue weighted by Gasteiger charge is 2.31. The number of ether oxygens (including phenoxy) is 2. The van der Waals surface area contributed by atoms with Gasteiger partial charge < -0.3 is 25.4 Å². The highest BCUT2D eigenvalue weighted by Crippen LogP contribution is 2.32. The molecule has 1 atom stereocenters. The Morgan fingerprint density at radius 1 is 1.04 bits per heavy atom. The molecule has 0 aromatic heterocycles. The molecule has 1 heterocycles. The maximum absolute atomic E-state index is 13.1. The van der Waals surface area contributed by atoms with Crippen LogP contribution in [0.3, 0.4) is 0 Å². The quantitative estimate of drug-likeness (QED) is 0.742. The lowest BCUT2D eigenvalue weighted by Crippen LogP contribution is -2.46. The Hall–Kier alpha value is -3.48. The molecule has 1 aliphatic rings. The summed E-state index contributed by atoms with van der Waals surface area (Å²) in [5.41, 5.74) is 3.36. The number of carbonyl (C=O) groups excluding carboxylic acids is 2. The van der Waals surface area contributed by atoms with E-state index in [2.05, 4.69) is 16.0 Å². The van der Waals surface area contributed by atoms with E-state index in [9.17, 15) is 9.59 Å². The average Bonchev–Trinajstić information content (AvgIpc) is 2.68. The normalized spacial score (nSPS) is 16.1. The smallest absolute Gasteiger partial charge is 0.319 e. The van der Waals surface area contributed by atoms with Gasteiger partial charge in [-0.2, -0.15) is 0 Å². The standard InChI is InChI=1S/C21H23N3O4/c1-12-5-7-14(8-6-12)19-18(13(2)22-21(26)24-19)20(25)23-16-10-9-15(27-3)11-17(16)28-4/h5-11,19H,1-4H3,(H,23,25)(H2,22,24,26)/t19-/m0/s1. The molecule has 0 fully saturated rings. The van der Waals surface area contributed by atoms with Crippen LogP contribution < -0.4 is 25.4 Å². The largest absolute Gasteiger partial charge is 0.497 e. The van der Waals surface area contributed by atoms with Crippen molar-refractivity contribution in [3.8, 4) is 11.5 Å². The summed E-state index contributed by atoms with van der Waals surface area (Å²) in [6.45, 7) is 3.69. The highest BCUT2D eigenvalue weighted by molar-refractivity contribution is 6.07. The molecule has 3 amide bonds. The summed E-state index contributed by atoms with van der Waals surface area (Å²) in [6, 6.07) is 11.9. The molecule has 3 rings (SSSR count). The van der Waals surface area contributed by atoms with Crippen LogP contribution in [0.5, 0.6) is 11.5 Å². The van der Waals surface area contributed by atoms with Crippen LogP contribution >= 0.6 is 0 Å². The minimum atomic E-state index is -0.557. The lowest BCUT2D eigenvalue weighted by atomic mass is 9.94. The second kappa shape index (κ2) is 8.04. The summed E-state index contributed by atoms with van der Waals surface area (Å²) in [7, 11) is 3.08. The van der Waals surface area contributed by atoms with E-state index in [1.165, 1.54) is 7.11 Å². The van der Waals surface area contributed by atoms with Gasteiger partial charge in [0.2, 0.25) is 0 Å². The highest BCUT2D eigenvalue weighted by atomic mass is 16.5. The third-order valence-corrected chi connectivity index (χ3v) is 4.58. The van der Waals surface area contributed by atoms with Gasteiger partial charge in [0, 0.05) is 11.8 Å². The van der Waals surface area contributed by atoms with Crippen LogP contribution in [-0.2, 0) is 4.79 Å². The number of anilines is 1. The van der Waals surface area contributed by atoms with Crippen molar-refractivity contribution in [1.82, 2.24) is 10.6 Å². The molecule has 0 unspecified atom stereocenters. The molecule has 1 aliphatic heterocycles. The number of hydrogen-bond donors (Lipinski definition) is 3. The Bertz CT molecular complexity index is 935. The summed E-state index contributed by atoms with van der Waals surface area (Å²) < 4.78 is 10.5. The molecule has 2 aromatic carbocycles. The molecular formula is C21H23N3O4. The lowest BCUT2D eigenvalue weighted by Gasteiger charge is -2.29. The third-order valence-electron chi connectivity index (χ3n) is 4.58. The van der Waals surface area contributed by atoms with Crippen LogP contribution in [0.4, 0.5) is 10.5 Å². The maximum atomic E-state index is 13.1. The minimum absolute atomic E-state index is 0.334. The average molecular weight is 381 g/mol. The van der Waals surface area contributed by atoms with Gasteiger partial charge in [0.05, 0.1) is 31.5 Å². The second-order valence-corrected chi connectivity index (χ2v) is 6.50. The van der Waals surface area contributed by atoms with Gasteiger partial charge in [0.1, 0.15) is 11.5 Å². The predicted molar refractivity (Wildman–Crippen MR) is 106 cm³/mol. The van der Waals surface area contributed by atoms with E-state index in [1.54, 1.807) is 32.2 Å². The monoisotopic (exact) mass is 381 g/mol. The number of methoxy groups -OCH3 is 2. The molecule has 2 aromatic rings. The summed E-state index contributed by atoms with van der Waals surface area (Å²) in [5.74, 6) is 0.763. The first-order valence-corrected chi connectivity index (χ1v) is 8.81. The summed E-state index contributed by atoms with van der Waals surface area (Å²) in [6.07, 6.45) is 0. The Labute approximate surface area is 163 Å². The van der Waals surface area contributed by atoms with Gasteiger partial charge >= 0.3 is 6.03 Å². The fraction of sp³-hybridized carbons (Fsp3) is 0.238. The molecule has 28 heavy (non-hydrogen) atoms. The van der Waals surface area contributed by atoms with E-state index < -0.39 is 6.04 Å². The molecule has 0 aliphatic carbocycles. The first kappa shape index (κ1) is 19.3. The van der Waals surface area contributed by atoms with Crippen molar-refractivity contribution in [3.05, 3.63) is 64.9 Å². The lowest BCUT2D eigenvalue weighted by molar-refractivity contribution is -0.113. The van der Waals surface area contributed by atoms with Gasteiger partial charge in [-0.25, -0.2) is 4.79 Å². The second-order valence-electron chi connectivity index (χ2n) is 6.50. The van der Waals surface area contributed by atoms with Crippen LogP contribution in [-0.4, -0.2) is 26.2 Å². The van der Waals surface area contributed by atoms with Crippen LogP contribution in [0.2, 0.25) is 0 Å². The number of allylic oxidation sites excluding steroid dienone is 1. The topological polar surface area (TPSA) is 88.7 Å². The minimum Gasteiger partial charge on any atom is -0.497 e. The molecular weight excluding hydrogens is 358 g/mol. The molecule has 7 heteroatoms. The van der Waals surface area contributed by atoms with E-state index in [0.29, 0.717) is 28.5 Å². The van der Waals surface area contributed by atoms with Crippen LogP contribution in [0.1, 0.15) is 24.1 Å². The van der Waals surface area contributed by atoms with Gasteiger partial charge in [-0.1, -0.05) is 29.8 Å². The Kier molecular flexibility index (Phi) is 5.54.